The first-order valence-corrected chi connectivity index (χ1v) is 5.83. The molecule has 0 heterocycles. The van der Waals surface area contributed by atoms with Gasteiger partial charge in [0.1, 0.15) is 0 Å². The molecule has 1 rings (SSSR count). The van der Waals surface area contributed by atoms with Gasteiger partial charge in [0.15, 0.2) is 0 Å². The zero-order chi connectivity index (χ0) is 12.9. The number of amides is 1. The van der Waals surface area contributed by atoms with Gasteiger partial charge in [-0.2, -0.15) is 0 Å². The molecule has 0 aliphatic rings. The Labute approximate surface area is 103 Å². The molecule has 1 aromatic rings. The van der Waals surface area contributed by atoms with Crippen LogP contribution in [0, 0.1) is 0 Å². The van der Waals surface area contributed by atoms with Crippen molar-refractivity contribution in [3.8, 4) is 0 Å². The van der Waals surface area contributed by atoms with Gasteiger partial charge >= 0.3 is 0 Å². The Balaban J connectivity index is 2.64. The molecule has 0 aromatic heterocycles. The van der Waals surface area contributed by atoms with E-state index in [1.54, 1.807) is 7.11 Å². The van der Waals surface area contributed by atoms with E-state index in [0.717, 1.165) is 0 Å². The predicted octanol–water partition coefficient (Wildman–Crippen LogP) is 2.36. The number of ether oxygens (including phenoxy) is 1. The maximum absolute atomic E-state index is 11.7. The number of carbonyl (C=O) groups excluding carboxylic acids is 1. The summed E-state index contributed by atoms with van der Waals surface area (Å²) < 4.78 is 4.88. The van der Waals surface area contributed by atoms with E-state index in [1.165, 1.54) is 5.56 Å². The van der Waals surface area contributed by atoms with E-state index in [-0.39, 0.29) is 11.3 Å². The summed E-state index contributed by atoms with van der Waals surface area (Å²) >= 11 is 0. The SMILES string of the molecule is COCCNC(=O)c1ccc(C(C)(C)C)cc1. The summed E-state index contributed by atoms with van der Waals surface area (Å²) in [4.78, 5) is 11.7. The fourth-order valence-electron chi connectivity index (χ4n) is 1.49. The number of nitrogens with one attached hydrogen (secondary N) is 1. The molecule has 0 atom stereocenters. The summed E-state index contributed by atoms with van der Waals surface area (Å²) in [6.45, 7) is 7.53. The minimum atomic E-state index is -0.0532. The first kappa shape index (κ1) is 13.7. The van der Waals surface area contributed by atoms with E-state index in [4.69, 9.17) is 4.74 Å². The number of hydrogen-bond acceptors (Lipinski definition) is 2. The second-order valence-corrected chi connectivity index (χ2v) is 5.08. The van der Waals surface area contributed by atoms with Crippen molar-refractivity contribution in [1.29, 1.82) is 0 Å². The molecule has 1 aromatic carbocycles. The van der Waals surface area contributed by atoms with E-state index < -0.39 is 0 Å². The minimum absolute atomic E-state index is 0.0532. The van der Waals surface area contributed by atoms with Gasteiger partial charge in [0.2, 0.25) is 0 Å². The third kappa shape index (κ3) is 4.19. The number of rotatable bonds is 4. The number of methoxy groups -OCH3 is 1. The lowest BCUT2D eigenvalue weighted by molar-refractivity contribution is 0.0937. The van der Waals surface area contributed by atoms with Gasteiger partial charge in [-0.25, -0.2) is 0 Å². The average Bonchev–Trinajstić information content (AvgIpc) is 2.28. The van der Waals surface area contributed by atoms with Crippen LogP contribution in [-0.4, -0.2) is 26.2 Å². The molecule has 3 nitrogen and oxygen atoms in total. The molecule has 94 valence electrons. The molecule has 3 heteroatoms. The van der Waals surface area contributed by atoms with E-state index in [1.807, 2.05) is 24.3 Å². The molecular weight excluding hydrogens is 214 g/mol. The van der Waals surface area contributed by atoms with E-state index in [2.05, 4.69) is 26.1 Å². The van der Waals surface area contributed by atoms with Gasteiger partial charge in [-0.3, -0.25) is 4.79 Å². The zero-order valence-corrected chi connectivity index (χ0v) is 11.0. The fourth-order valence-corrected chi connectivity index (χ4v) is 1.49. The van der Waals surface area contributed by atoms with E-state index in [0.29, 0.717) is 18.7 Å². The predicted molar refractivity (Wildman–Crippen MR) is 69.4 cm³/mol. The standard InChI is InChI=1S/C14H21NO2/c1-14(2,3)12-7-5-11(6-8-12)13(16)15-9-10-17-4/h5-8H,9-10H2,1-4H3,(H,15,16). The maximum Gasteiger partial charge on any atom is 0.251 e. The summed E-state index contributed by atoms with van der Waals surface area (Å²) in [5, 5.41) is 2.79. The van der Waals surface area contributed by atoms with E-state index in [9.17, 15) is 4.79 Å². The van der Waals surface area contributed by atoms with Crippen molar-refractivity contribution in [2.75, 3.05) is 20.3 Å². The first-order chi connectivity index (χ1) is 7.95. The van der Waals surface area contributed by atoms with Gasteiger partial charge < -0.3 is 10.1 Å². The van der Waals surface area contributed by atoms with Crippen LogP contribution in [0.3, 0.4) is 0 Å². The van der Waals surface area contributed by atoms with E-state index >= 15 is 0 Å². The largest absolute Gasteiger partial charge is 0.383 e. The minimum Gasteiger partial charge on any atom is -0.383 e. The highest BCUT2D eigenvalue weighted by Gasteiger charge is 2.13. The Kier molecular flexibility index (Phi) is 4.70. The van der Waals surface area contributed by atoms with Gasteiger partial charge in [0, 0.05) is 19.2 Å². The topological polar surface area (TPSA) is 38.3 Å². The van der Waals surface area contributed by atoms with Crippen LogP contribution in [0.2, 0.25) is 0 Å². The van der Waals surface area contributed by atoms with Crippen molar-refractivity contribution < 1.29 is 9.53 Å². The van der Waals surface area contributed by atoms with Gasteiger partial charge in [-0.05, 0) is 23.1 Å². The molecule has 0 unspecified atom stereocenters. The van der Waals surface area contributed by atoms with Crippen LogP contribution in [0.4, 0.5) is 0 Å². The van der Waals surface area contributed by atoms with Crippen molar-refractivity contribution in [2.45, 2.75) is 26.2 Å². The Hall–Kier alpha value is -1.35. The van der Waals surface area contributed by atoms with Crippen LogP contribution in [-0.2, 0) is 10.2 Å². The Morgan fingerprint density at radius 2 is 1.82 bits per heavy atom. The van der Waals surface area contributed by atoms with Crippen molar-refractivity contribution >= 4 is 5.91 Å². The first-order valence-electron chi connectivity index (χ1n) is 5.83. The van der Waals surface area contributed by atoms with Crippen LogP contribution in [0.15, 0.2) is 24.3 Å². The summed E-state index contributed by atoms with van der Waals surface area (Å²) in [5.41, 5.74) is 2.03. The van der Waals surface area contributed by atoms with Crippen molar-refractivity contribution in [3.63, 3.8) is 0 Å². The number of hydrogen-bond donors (Lipinski definition) is 1. The third-order valence-electron chi connectivity index (χ3n) is 2.60. The van der Waals surface area contributed by atoms with Crippen LogP contribution in [0.5, 0.6) is 0 Å². The van der Waals surface area contributed by atoms with Gasteiger partial charge in [-0.1, -0.05) is 32.9 Å². The van der Waals surface area contributed by atoms with Gasteiger partial charge in [0.25, 0.3) is 5.91 Å². The molecular formula is C14H21NO2. The molecule has 0 radical (unpaired) electrons. The molecule has 17 heavy (non-hydrogen) atoms. The number of benzene rings is 1. The lowest BCUT2D eigenvalue weighted by Crippen LogP contribution is -2.27. The monoisotopic (exact) mass is 235 g/mol. The second kappa shape index (κ2) is 5.82. The summed E-state index contributed by atoms with van der Waals surface area (Å²) in [6, 6.07) is 7.74. The highest BCUT2D eigenvalue weighted by molar-refractivity contribution is 5.94. The molecule has 0 bridgehead atoms. The molecule has 1 N–H and O–H groups in total. The smallest absolute Gasteiger partial charge is 0.251 e. The Morgan fingerprint density at radius 1 is 1.24 bits per heavy atom. The molecule has 0 aliphatic heterocycles. The highest BCUT2D eigenvalue weighted by atomic mass is 16.5. The lowest BCUT2D eigenvalue weighted by Gasteiger charge is -2.19. The van der Waals surface area contributed by atoms with Crippen LogP contribution in [0.1, 0.15) is 36.7 Å². The highest BCUT2D eigenvalue weighted by Crippen LogP contribution is 2.22. The van der Waals surface area contributed by atoms with Gasteiger partial charge in [0.05, 0.1) is 6.61 Å². The van der Waals surface area contributed by atoms with Crippen LogP contribution in [0.25, 0.3) is 0 Å². The number of carbonyl (C=O) groups is 1. The molecule has 1 amide bonds. The summed E-state index contributed by atoms with van der Waals surface area (Å²) in [7, 11) is 1.62. The van der Waals surface area contributed by atoms with Crippen LogP contribution < -0.4 is 5.32 Å². The maximum atomic E-state index is 11.7. The van der Waals surface area contributed by atoms with Crippen molar-refractivity contribution in [3.05, 3.63) is 35.4 Å². The summed E-state index contributed by atoms with van der Waals surface area (Å²) in [5.74, 6) is -0.0532. The molecule has 0 fully saturated rings. The summed E-state index contributed by atoms with van der Waals surface area (Å²) in [6.07, 6.45) is 0. The third-order valence-corrected chi connectivity index (χ3v) is 2.60. The normalized spacial score (nSPS) is 11.3. The van der Waals surface area contributed by atoms with Crippen molar-refractivity contribution in [1.82, 2.24) is 5.32 Å². The lowest BCUT2D eigenvalue weighted by atomic mass is 9.87. The van der Waals surface area contributed by atoms with Crippen LogP contribution >= 0.6 is 0 Å². The Morgan fingerprint density at radius 3 is 2.29 bits per heavy atom. The zero-order valence-electron chi connectivity index (χ0n) is 11.0. The fraction of sp³-hybridized carbons (Fsp3) is 0.500. The molecule has 0 spiro atoms. The quantitative estimate of drug-likeness (QED) is 0.814. The second-order valence-electron chi connectivity index (χ2n) is 5.08. The Bertz CT molecular complexity index is 363. The molecule has 0 aliphatic carbocycles. The van der Waals surface area contributed by atoms with Crippen molar-refractivity contribution in [2.24, 2.45) is 0 Å². The van der Waals surface area contributed by atoms with Gasteiger partial charge in [-0.15, -0.1) is 0 Å². The average molecular weight is 235 g/mol. The molecule has 0 saturated carbocycles. The molecule has 0 saturated heterocycles.